The molecular weight excluding hydrogens is 438 g/mol. The molecule has 0 N–H and O–H groups in total. The molecule has 0 aliphatic carbocycles. The van der Waals surface area contributed by atoms with Crippen molar-refractivity contribution < 1.29 is 17.2 Å². The molecule has 4 aromatic rings. The van der Waals surface area contributed by atoms with Crippen LogP contribution in [0.15, 0.2) is 66.0 Å². The van der Waals surface area contributed by atoms with Crippen molar-refractivity contribution in [2.75, 3.05) is 31.1 Å². The molecular formula is C21H18F2N6O2S. The van der Waals surface area contributed by atoms with Crippen LogP contribution in [0, 0.1) is 11.6 Å². The number of hydrogen-bond acceptors (Lipinski definition) is 6. The van der Waals surface area contributed by atoms with Gasteiger partial charge in [0, 0.05) is 26.2 Å². The number of nitrogens with zero attached hydrogens (tertiary/aromatic N) is 6. The summed E-state index contributed by atoms with van der Waals surface area (Å²) in [4.78, 5) is 10.0. The molecule has 32 heavy (non-hydrogen) atoms. The van der Waals surface area contributed by atoms with Crippen molar-refractivity contribution in [1.29, 1.82) is 0 Å². The van der Waals surface area contributed by atoms with Crippen molar-refractivity contribution in [3.8, 4) is 5.69 Å². The lowest BCUT2D eigenvalue weighted by Gasteiger charge is -2.34. The summed E-state index contributed by atoms with van der Waals surface area (Å²) in [5.41, 5.74) is 1.50. The van der Waals surface area contributed by atoms with Crippen LogP contribution in [0.25, 0.3) is 16.7 Å². The monoisotopic (exact) mass is 456 g/mol. The number of para-hydroxylation sites is 1. The van der Waals surface area contributed by atoms with E-state index in [1.165, 1.54) is 6.33 Å². The zero-order valence-corrected chi connectivity index (χ0v) is 17.6. The zero-order chi connectivity index (χ0) is 22.3. The Morgan fingerprint density at radius 2 is 1.66 bits per heavy atom. The van der Waals surface area contributed by atoms with Crippen LogP contribution in [0.5, 0.6) is 0 Å². The van der Waals surface area contributed by atoms with Crippen LogP contribution in [0.4, 0.5) is 14.6 Å². The molecule has 0 amide bonds. The molecule has 8 nitrogen and oxygen atoms in total. The van der Waals surface area contributed by atoms with E-state index < -0.39 is 26.6 Å². The predicted molar refractivity (Wildman–Crippen MR) is 114 cm³/mol. The molecule has 2 aromatic heterocycles. The Balaban J connectivity index is 1.40. The van der Waals surface area contributed by atoms with Gasteiger partial charge in [-0.2, -0.15) is 9.40 Å². The predicted octanol–water partition coefficient (Wildman–Crippen LogP) is 2.60. The minimum Gasteiger partial charge on any atom is -0.353 e. The van der Waals surface area contributed by atoms with Crippen LogP contribution in [-0.2, 0) is 10.0 Å². The fraction of sp³-hybridized carbons (Fsp3) is 0.190. The molecule has 2 aromatic carbocycles. The fourth-order valence-corrected chi connectivity index (χ4v) is 5.29. The van der Waals surface area contributed by atoms with Gasteiger partial charge in [0.2, 0.25) is 10.0 Å². The second-order valence-electron chi connectivity index (χ2n) is 7.29. The highest BCUT2D eigenvalue weighted by Crippen LogP contribution is 2.27. The van der Waals surface area contributed by atoms with E-state index in [2.05, 4.69) is 15.1 Å². The Morgan fingerprint density at radius 1 is 0.906 bits per heavy atom. The first kappa shape index (κ1) is 20.5. The summed E-state index contributed by atoms with van der Waals surface area (Å²) in [6.07, 6.45) is 3.13. The first-order chi connectivity index (χ1) is 15.4. The highest BCUT2D eigenvalue weighted by Gasteiger charge is 2.32. The number of anilines is 1. The summed E-state index contributed by atoms with van der Waals surface area (Å²) >= 11 is 0. The standard InChI is InChI=1S/C21H18F2N6O2S/c22-15-6-7-18(23)19(12-15)32(30,31)28-10-8-27(9-11-28)20-17-13-26-29(21(17)25-14-24-20)16-4-2-1-3-5-16/h1-7,12-14H,8-11H2. The molecule has 0 atom stereocenters. The first-order valence-electron chi connectivity index (χ1n) is 9.89. The SMILES string of the molecule is O=S(=O)(c1cc(F)ccc1F)N1CCN(c2ncnc3c2cnn3-c2ccccc2)CC1. The van der Waals surface area contributed by atoms with Gasteiger partial charge in [-0.1, -0.05) is 18.2 Å². The number of hydrogen-bond donors (Lipinski definition) is 0. The minimum atomic E-state index is -4.15. The highest BCUT2D eigenvalue weighted by molar-refractivity contribution is 7.89. The van der Waals surface area contributed by atoms with Crippen molar-refractivity contribution in [3.05, 3.63) is 72.7 Å². The number of piperazine rings is 1. The van der Waals surface area contributed by atoms with Gasteiger partial charge < -0.3 is 4.90 Å². The van der Waals surface area contributed by atoms with E-state index in [0.29, 0.717) is 30.6 Å². The van der Waals surface area contributed by atoms with Crippen LogP contribution in [0.3, 0.4) is 0 Å². The Hall–Kier alpha value is -3.44. The van der Waals surface area contributed by atoms with E-state index in [1.54, 1.807) is 10.9 Å². The van der Waals surface area contributed by atoms with Gasteiger partial charge in [-0.3, -0.25) is 0 Å². The molecule has 5 rings (SSSR count). The third kappa shape index (κ3) is 3.49. The Morgan fingerprint density at radius 3 is 2.41 bits per heavy atom. The van der Waals surface area contributed by atoms with Gasteiger partial charge in [0.25, 0.3) is 0 Å². The highest BCUT2D eigenvalue weighted by atomic mass is 32.2. The third-order valence-corrected chi connectivity index (χ3v) is 7.31. The molecule has 1 saturated heterocycles. The largest absolute Gasteiger partial charge is 0.353 e. The van der Waals surface area contributed by atoms with Crippen molar-refractivity contribution in [2.24, 2.45) is 0 Å². The lowest BCUT2D eigenvalue weighted by atomic mass is 10.3. The molecule has 0 spiro atoms. The average Bonchev–Trinajstić information content (AvgIpc) is 3.25. The second kappa shape index (κ2) is 7.92. The van der Waals surface area contributed by atoms with Gasteiger partial charge in [-0.05, 0) is 30.3 Å². The summed E-state index contributed by atoms with van der Waals surface area (Å²) in [5.74, 6) is -1.13. The number of aromatic nitrogens is 4. The van der Waals surface area contributed by atoms with E-state index in [-0.39, 0.29) is 13.1 Å². The van der Waals surface area contributed by atoms with E-state index in [4.69, 9.17) is 0 Å². The summed E-state index contributed by atoms with van der Waals surface area (Å²) in [6.45, 7) is 0.880. The number of rotatable bonds is 4. The molecule has 1 aliphatic heterocycles. The maximum Gasteiger partial charge on any atom is 0.246 e. The van der Waals surface area contributed by atoms with Crippen molar-refractivity contribution in [1.82, 2.24) is 24.1 Å². The van der Waals surface area contributed by atoms with E-state index in [1.807, 2.05) is 35.2 Å². The quantitative estimate of drug-likeness (QED) is 0.470. The first-order valence-corrected chi connectivity index (χ1v) is 11.3. The molecule has 1 aliphatic rings. The van der Waals surface area contributed by atoms with Gasteiger partial charge in [0.1, 0.15) is 28.7 Å². The van der Waals surface area contributed by atoms with Crippen LogP contribution >= 0.6 is 0 Å². The lowest BCUT2D eigenvalue weighted by molar-refractivity contribution is 0.381. The maximum absolute atomic E-state index is 14.1. The summed E-state index contributed by atoms with van der Waals surface area (Å²) in [5, 5.41) is 5.18. The normalized spacial score (nSPS) is 15.4. The molecule has 1 fully saturated rings. The minimum absolute atomic E-state index is 0.108. The van der Waals surface area contributed by atoms with Gasteiger partial charge in [0.05, 0.1) is 17.3 Å². The Kier molecular flexibility index (Phi) is 5.06. The zero-order valence-electron chi connectivity index (χ0n) is 16.8. The topological polar surface area (TPSA) is 84.2 Å². The van der Waals surface area contributed by atoms with Crippen LogP contribution in [0.1, 0.15) is 0 Å². The third-order valence-electron chi connectivity index (χ3n) is 5.39. The van der Waals surface area contributed by atoms with Crippen LogP contribution < -0.4 is 4.90 Å². The Labute approximate surface area is 182 Å². The van der Waals surface area contributed by atoms with Crippen molar-refractivity contribution >= 4 is 26.9 Å². The van der Waals surface area contributed by atoms with Crippen LogP contribution in [0.2, 0.25) is 0 Å². The number of fused-ring (bicyclic) bond motifs is 1. The van der Waals surface area contributed by atoms with Crippen LogP contribution in [-0.4, -0.2) is 58.7 Å². The smallest absolute Gasteiger partial charge is 0.246 e. The van der Waals surface area contributed by atoms with E-state index in [9.17, 15) is 17.2 Å². The van der Waals surface area contributed by atoms with Gasteiger partial charge >= 0.3 is 0 Å². The number of sulfonamides is 1. The van der Waals surface area contributed by atoms with Gasteiger partial charge in [0.15, 0.2) is 5.65 Å². The van der Waals surface area contributed by atoms with E-state index in [0.717, 1.165) is 27.5 Å². The summed E-state index contributed by atoms with van der Waals surface area (Å²) in [6, 6.07) is 12.0. The number of benzene rings is 2. The summed E-state index contributed by atoms with van der Waals surface area (Å²) in [7, 11) is -4.15. The van der Waals surface area contributed by atoms with Crippen molar-refractivity contribution in [3.63, 3.8) is 0 Å². The van der Waals surface area contributed by atoms with Gasteiger partial charge in [-0.25, -0.2) is 31.8 Å². The average molecular weight is 456 g/mol. The second-order valence-corrected chi connectivity index (χ2v) is 9.20. The molecule has 0 radical (unpaired) electrons. The molecule has 0 bridgehead atoms. The molecule has 3 heterocycles. The maximum atomic E-state index is 14.1. The summed E-state index contributed by atoms with van der Waals surface area (Å²) < 4.78 is 56.1. The van der Waals surface area contributed by atoms with Gasteiger partial charge in [-0.15, -0.1) is 0 Å². The molecule has 164 valence electrons. The molecule has 11 heteroatoms. The fourth-order valence-electron chi connectivity index (χ4n) is 3.80. The molecule has 0 saturated carbocycles. The van der Waals surface area contributed by atoms with E-state index >= 15 is 0 Å². The number of halogens is 2. The lowest BCUT2D eigenvalue weighted by Crippen LogP contribution is -2.49. The molecule has 0 unspecified atom stereocenters. The van der Waals surface area contributed by atoms with Crippen molar-refractivity contribution in [2.45, 2.75) is 4.90 Å². The Bertz CT molecular complexity index is 1390.